The molecule has 1 aliphatic carbocycles. The van der Waals surface area contributed by atoms with Crippen molar-refractivity contribution in [3.8, 4) is 5.75 Å². The summed E-state index contributed by atoms with van der Waals surface area (Å²) >= 11 is 0. The predicted octanol–water partition coefficient (Wildman–Crippen LogP) is 4.55. The second-order valence-electron chi connectivity index (χ2n) is 9.22. The van der Waals surface area contributed by atoms with Gasteiger partial charge in [-0.3, -0.25) is 0 Å². The summed E-state index contributed by atoms with van der Waals surface area (Å²) in [5.74, 6) is 0.285. The van der Waals surface area contributed by atoms with Gasteiger partial charge in [0.25, 0.3) is 0 Å². The van der Waals surface area contributed by atoms with Gasteiger partial charge in [-0.2, -0.15) is 15.6 Å². The highest BCUT2D eigenvalue weighted by molar-refractivity contribution is 6.07. The second-order valence-corrected chi connectivity index (χ2v) is 9.22. The molecule has 3 rings (SSSR count). The molecule has 0 saturated heterocycles. The first-order valence-corrected chi connectivity index (χ1v) is 8.83. The van der Waals surface area contributed by atoms with Crippen LogP contribution in [0.15, 0.2) is 41.5 Å². The maximum absolute atomic E-state index is 11.0. The minimum absolute atomic E-state index is 0.0220. The minimum atomic E-state index is -0.346. The number of phenols is 1. The molecule has 1 aliphatic heterocycles. The maximum Gasteiger partial charge on any atom is 0.146 e. The molecule has 2 N–H and O–H groups in total. The van der Waals surface area contributed by atoms with Crippen molar-refractivity contribution in [1.29, 1.82) is 0 Å². The Bertz CT molecular complexity index is 791. The van der Waals surface area contributed by atoms with Crippen LogP contribution in [-0.4, -0.2) is 16.4 Å². The van der Waals surface area contributed by atoms with Crippen LogP contribution in [-0.2, 0) is 10.8 Å². The summed E-state index contributed by atoms with van der Waals surface area (Å²) in [6.07, 6.45) is 8.09. The molecule has 1 atom stereocenters. The van der Waals surface area contributed by atoms with Crippen LogP contribution in [0.25, 0.3) is 0 Å². The Morgan fingerprint density at radius 3 is 2.28 bits per heavy atom. The van der Waals surface area contributed by atoms with E-state index in [2.05, 4.69) is 66.0 Å². The Balaban J connectivity index is 2.15. The highest BCUT2D eigenvalue weighted by Crippen LogP contribution is 2.42. The Labute approximate surface area is 150 Å². The number of nitrogens with zero attached hydrogens (tertiary/aromatic N) is 2. The van der Waals surface area contributed by atoms with E-state index in [1.807, 2.05) is 24.3 Å². The number of nitrogens with one attached hydrogen (secondary N) is 1. The van der Waals surface area contributed by atoms with Gasteiger partial charge in [0.2, 0.25) is 0 Å². The number of hydrazone groups is 1. The second kappa shape index (κ2) is 5.46. The molecule has 25 heavy (non-hydrogen) atoms. The van der Waals surface area contributed by atoms with E-state index in [-0.39, 0.29) is 22.1 Å². The van der Waals surface area contributed by atoms with E-state index in [0.29, 0.717) is 5.69 Å². The molecule has 0 bridgehead atoms. The van der Waals surface area contributed by atoms with Gasteiger partial charge in [0.15, 0.2) is 0 Å². The molecule has 1 aromatic carbocycles. The van der Waals surface area contributed by atoms with Crippen LogP contribution >= 0.6 is 0 Å². The third kappa shape index (κ3) is 3.11. The van der Waals surface area contributed by atoms with Crippen molar-refractivity contribution in [2.45, 2.75) is 64.8 Å². The van der Waals surface area contributed by atoms with Crippen LogP contribution in [0.2, 0.25) is 0 Å². The van der Waals surface area contributed by atoms with Gasteiger partial charge in [-0.25, -0.2) is 0 Å². The van der Waals surface area contributed by atoms with Crippen molar-refractivity contribution in [2.75, 3.05) is 5.12 Å². The van der Waals surface area contributed by atoms with Crippen molar-refractivity contribution < 1.29 is 5.11 Å². The molecule has 134 valence electrons. The minimum Gasteiger partial charge on any atom is -0.505 e. The largest absolute Gasteiger partial charge is 0.505 e. The van der Waals surface area contributed by atoms with Crippen LogP contribution in [0.5, 0.6) is 5.75 Å². The first-order valence-electron chi connectivity index (χ1n) is 8.83. The molecule has 1 unspecified atom stereocenters. The quantitative estimate of drug-likeness (QED) is 0.789. The SMILES string of the molecule is CC12C=CC=CC1=NN(c1cc(C(C)(C)C)cc(C(C)(C)C)c1O)N2. The molecular formula is C21H29N3O. The van der Waals surface area contributed by atoms with Crippen LogP contribution in [0.1, 0.15) is 59.6 Å². The number of hydrogen-bond donors (Lipinski definition) is 2. The highest BCUT2D eigenvalue weighted by atomic mass is 16.3. The van der Waals surface area contributed by atoms with E-state index in [4.69, 9.17) is 5.10 Å². The average molecular weight is 339 g/mol. The molecule has 1 heterocycles. The van der Waals surface area contributed by atoms with E-state index in [1.165, 1.54) is 5.56 Å². The van der Waals surface area contributed by atoms with Crippen molar-refractivity contribution in [3.05, 3.63) is 47.6 Å². The lowest BCUT2D eigenvalue weighted by Crippen LogP contribution is -2.47. The normalized spacial score (nSPS) is 23.0. The summed E-state index contributed by atoms with van der Waals surface area (Å²) in [6, 6.07) is 4.16. The fraction of sp³-hybridized carbons (Fsp3) is 0.476. The number of hydrogen-bond acceptors (Lipinski definition) is 4. The average Bonchev–Trinajstić information content (AvgIpc) is 2.81. The zero-order valence-corrected chi connectivity index (χ0v) is 16.3. The fourth-order valence-corrected chi connectivity index (χ4v) is 3.14. The lowest BCUT2D eigenvalue weighted by Gasteiger charge is -2.30. The third-order valence-corrected chi connectivity index (χ3v) is 4.86. The standard InChI is InChI=1S/C21H29N3O/c1-19(2,3)14-12-15(20(4,5)6)18(25)16(13-14)24-22-17-10-8-9-11-21(17,7)23-24/h8-13,23,25H,1-7H3. The van der Waals surface area contributed by atoms with Gasteiger partial charge < -0.3 is 5.11 Å². The molecule has 4 nitrogen and oxygen atoms in total. The number of benzene rings is 1. The Hall–Kier alpha value is -2.07. The zero-order chi connectivity index (χ0) is 18.6. The van der Waals surface area contributed by atoms with E-state index in [9.17, 15) is 5.11 Å². The number of phenolic OH excluding ortho intramolecular Hbond substituents is 1. The van der Waals surface area contributed by atoms with Crippen LogP contribution in [0.4, 0.5) is 5.69 Å². The van der Waals surface area contributed by atoms with E-state index >= 15 is 0 Å². The van der Waals surface area contributed by atoms with Gasteiger partial charge in [-0.1, -0.05) is 65.8 Å². The monoisotopic (exact) mass is 339 g/mol. The smallest absolute Gasteiger partial charge is 0.146 e. The molecule has 0 amide bonds. The van der Waals surface area contributed by atoms with Crippen molar-refractivity contribution >= 4 is 11.4 Å². The van der Waals surface area contributed by atoms with Gasteiger partial charge in [-0.05, 0) is 35.5 Å². The number of aromatic hydroxyl groups is 1. The van der Waals surface area contributed by atoms with Crippen LogP contribution in [0, 0.1) is 0 Å². The summed E-state index contributed by atoms with van der Waals surface area (Å²) in [5.41, 5.74) is 6.63. The third-order valence-electron chi connectivity index (χ3n) is 4.86. The number of hydrazine groups is 1. The molecule has 0 fully saturated rings. The Kier molecular flexibility index (Phi) is 3.88. The van der Waals surface area contributed by atoms with Gasteiger partial charge in [0.05, 0.1) is 11.3 Å². The maximum atomic E-state index is 11.0. The molecule has 0 aromatic heterocycles. The van der Waals surface area contributed by atoms with Gasteiger partial charge >= 0.3 is 0 Å². The lowest BCUT2D eigenvalue weighted by molar-refractivity contribution is 0.440. The summed E-state index contributed by atoms with van der Waals surface area (Å²) in [6.45, 7) is 15.0. The summed E-state index contributed by atoms with van der Waals surface area (Å²) in [7, 11) is 0. The van der Waals surface area contributed by atoms with Crippen molar-refractivity contribution in [2.24, 2.45) is 5.10 Å². The van der Waals surface area contributed by atoms with Crippen molar-refractivity contribution in [3.63, 3.8) is 0 Å². The highest BCUT2D eigenvalue weighted by Gasteiger charge is 2.38. The number of fused-ring (bicyclic) bond motifs is 1. The molecule has 0 saturated carbocycles. The fourth-order valence-electron chi connectivity index (χ4n) is 3.14. The topological polar surface area (TPSA) is 47.9 Å². The summed E-state index contributed by atoms with van der Waals surface area (Å²) in [5, 5.41) is 17.4. The Morgan fingerprint density at radius 1 is 1.04 bits per heavy atom. The number of anilines is 1. The summed E-state index contributed by atoms with van der Waals surface area (Å²) in [4.78, 5) is 0. The Morgan fingerprint density at radius 2 is 1.72 bits per heavy atom. The molecule has 2 aliphatic rings. The van der Waals surface area contributed by atoms with Crippen LogP contribution in [0.3, 0.4) is 0 Å². The summed E-state index contributed by atoms with van der Waals surface area (Å²) < 4.78 is 0. The van der Waals surface area contributed by atoms with Gasteiger partial charge in [0, 0.05) is 5.56 Å². The molecule has 1 aromatic rings. The van der Waals surface area contributed by atoms with Crippen molar-refractivity contribution in [1.82, 2.24) is 5.43 Å². The first kappa shape index (κ1) is 17.7. The predicted molar refractivity (Wildman–Crippen MR) is 105 cm³/mol. The van der Waals surface area contributed by atoms with Gasteiger partial charge in [-0.15, -0.1) is 0 Å². The van der Waals surface area contributed by atoms with E-state index in [0.717, 1.165) is 11.3 Å². The first-order chi connectivity index (χ1) is 11.4. The van der Waals surface area contributed by atoms with Gasteiger partial charge in [0.1, 0.15) is 11.4 Å². The zero-order valence-electron chi connectivity index (χ0n) is 16.3. The molecule has 0 radical (unpaired) electrons. The van der Waals surface area contributed by atoms with Crippen LogP contribution < -0.4 is 10.5 Å². The molecule has 4 heteroatoms. The van der Waals surface area contributed by atoms with E-state index < -0.39 is 0 Å². The molecule has 0 spiro atoms. The number of allylic oxidation sites excluding steroid dienone is 2. The molecular weight excluding hydrogens is 310 g/mol. The van der Waals surface area contributed by atoms with E-state index in [1.54, 1.807) is 5.12 Å². The number of rotatable bonds is 1. The lowest BCUT2D eigenvalue weighted by atomic mass is 9.79.